The van der Waals surface area contributed by atoms with Crippen molar-refractivity contribution in [3.8, 4) is 5.75 Å². The molecule has 1 N–H and O–H groups in total. The van der Waals surface area contributed by atoms with Crippen molar-refractivity contribution in [3.05, 3.63) is 87.4 Å². The number of nitrogens with one attached hydrogen (secondary N) is 1. The number of ether oxygens (including phenoxy) is 1. The molecule has 156 valence electrons. The Balaban J connectivity index is 1.43. The summed E-state index contributed by atoms with van der Waals surface area (Å²) in [5, 5.41) is 8.23. The Hall–Kier alpha value is -3.59. The first-order valence-electron chi connectivity index (χ1n) is 9.50. The van der Waals surface area contributed by atoms with Gasteiger partial charge in [-0.05, 0) is 49.7 Å². The van der Waals surface area contributed by atoms with Crippen LogP contribution in [0.4, 0.5) is 0 Å². The third kappa shape index (κ3) is 4.95. The van der Waals surface area contributed by atoms with E-state index in [1.165, 1.54) is 10.7 Å². The topological polar surface area (TPSA) is 93.8 Å². The fourth-order valence-electron chi connectivity index (χ4n) is 2.93. The Morgan fingerprint density at radius 1 is 1.16 bits per heavy atom. The Morgan fingerprint density at radius 3 is 2.74 bits per heavy atom. The van der Waals surface area contributed by atoms with Crippen molar-refractivity contribution in [1.29, 1.82) is 0 Å². The lowest BCUT2D eigenvalue weighted by Crippen LogP contribution is -2.19. The number of carbonyl (C=O) groups is 1. The van der Waals surface area contributed by atoms with Gasteiger partial charge in [-0.1, -0.05) is 40.2 Å². The van der Waals surface area contributed by atoms with Gasteiger partial charge in [-0.25, -0.2) is 14.9 Å². The van der Waals surface area contributed by atoms with E-state index in [0.29, 0.717) is 18.1 Å². The summed E-state index contributed by atoms with van der Waals surface area (Å²) in [5.41, 5.74) is 5.88. The van der Waals surface area contributed by atoms with Gasteiger partial charge in [-0.15, -0.1) is 5.10 Å². The number of hydrogen-bond acceptors (Lipinski definition) is 6. The van der Waals surface area contributed by atoms with Gasteiger partial charge in [0.05, 0.1) is 6.21 Å². The quantitative estimate of drug-likeness (QED) is 0.335. The maximum atomic E-state index is 12.4. The number of rotatable bonds is 6. The second-order valence-electron chi connectivity index (χ2n) is 6.84. The summed E-state index contributed by atoms with van der Waals surface area (Å²) in [4.78, 5) is 20.9. The molecule has 0 saturated heterocycles. The minimum absolute atomic E-state index is 0.00174. The van der Waals surface area contributed by atoms with Gasteiger partial charge in [0.1, 0.15) is 12.4 Å². The molecule has 0 saturated carbocycles. The van der Waals surface area contributed by atoms with Crippen LogP contribution in [0.15, 0.2) is 64.2 Å². The van der Waals surface area contributed by atoms with Crippen molar-refractivity contribution in [2.75, 3.05) is 0 Å². The fraction of sp³-hybridized carbons (Fsp3) is 0.136. The molecule has 0 spiro atoms. The zero-order valence-electron chi connectivity index (χ0n) is 16.9. The molecule has 2 aromatic heterocycles. The van der Waals surface area contributed by atoms with Crippen molar-refractivity contribution in [3.63, 3.8) is 0 Å². The van der Waals surface area contributed by atoms with Gasteiger partial charge >= 0.3 is 5.91 Å². The number of hydrazone groups is 1. The van der Waals surface area contributed by atoms with E-state index in [9.17, 15) is 4.79 Å². The van der Waals surface area contributed by atoms with Crippen LogP contribution >= 0.6 is 15.9 Å². The lowest BCUT2D eigenvalue weighted by atomic mass is 10.2. The van der Waals surface area contributed by atoms with Crippen LogP contribution in [0.2, 0.25) is 0 Å². The van der Waals surface area contributed by atoms with Crippen LogP contribution in [0.3, 0.4) is 0 Å². The van der Waals surface area contributed by atoms with E-state index in [-0.39, 0.29) is 5.82 Å². The maximum absolute atomic E-state index is 12.4. The molecule has 0 bridgehead atoms. The number of benzene rings is 2. The Morgan fingerprint density at radius 2 is 1.94 bits per heavy atom. The van der Waals surface area contributed by atoms with E-state index in [1.807, 2.05) is 68.4 Å². The summed E-state index contributed by atoms with van der Waals surface area (Å²) in [6, 6.07) is 17.2. The molecule has 31 heavy (non-hydrogen) atoms. The average molecular weight is 479 g/mol. The highest BCUT2D eigenvalue weighted by Crippen LogP contribution is 2.18. The molecular formula is C22H19BrN6O2. The number of nitrogens with zero attached hydrogens (tertiary/aromatic N) is 5. The van der Waals surface area contributed by atoms with Crippen LogP contribution in [-0.4, -0.2) is 31.7 Å². The second kappa shape index (κ2) is 9.05. The standard InChI is InChI=1S/C22H19BrN6O2/c1-14-11-15(2)29-22(25-14)26-20(28-29)21(30)27-24-12-17-5-3-4-6-19(17)31-13-16-7-9-18(23)10-8-16/h3-12H,13H2,1-2H3,(H,27,30). The molecule has 0 aliphatic heterocycles. The van der Waals surface area contributed by atoms with Crippen LogP contribution in [-0.2, 0) is 6.61 Å². The molecule has 8 nitrogen and oxygen atoms in total. The van der Waals surface area contributed by atoms with Crippen molar-refractivity contribution >= 4 is 33.8 Å². The van der Waals surface area contributed by atoms with Gasteiger partial charge < -0.3 is 4.74 Å². The van der Waals surface area contributed by atoms with E-state index in [0.717, 1.165) is 27.0 Å². The highest BCUT2D eigenvalue weighted by atomic mass is 79.9. The first-order valence-corrected chi connectivity index (χ1v) is 10.3. The molecule has 0 unspecified atom stereocenters. The molecule has 0 aliphatic rings. The molecule has 1 amide bonds. The third-order valence-corrected chi connectivity index (χ3v) is 4.95. The van der Waals surface area contributed by atoms with Crippen LogP contribution in [0, 0.1) is 13.8 Å². The third-order valence-electron chi connectivity index (χ3n) is 4.42. The summed E-state index contributed by atoms with van der Waals surface area (Å²) < 4.78 is 8.45. The van der Waals surface area contributed by atoms with Crippen molar-refractivity contribution in [2.45, 2.75) is 20.5 Å². The molecular weight excluding hydrogens is 460 g/mol. The minimum Gasteiger partial charge on any atom is -0.488 e. The Kier molecular flexibility index (Phi) is 6.03. The summed E-state index contributed by atoms with van der Waals surface area (Å²) in [7, 11) is 0. The van der Waals surface area contributed by atoms with Crippen LogP contribution in [0.1, 0.15) is 33.1 Å². The molecule has 4 rings (SSSR count). The normalized spacial score (nSPS) is 11.2. The predicted molar refractivity (Wildman–Crippen MR) is 120 cm³/mol. The zero-order chi connectivity index (χ0) is 21.8. The first-order chi connectivity index (χ1) is 15.0. The van der Waals surface area contributed by atoms with Gasteiger partial charge in [0, 0.05) is 21.4 Å². The summed E-state index contributed by atoms with van der Waals surface area (Å²) in [6.45, 7) is 4.16. The van der Waals surface area contributed by atoms with E-state index in [1.54, 1.807) is 0 Å². The molecule has 0 atom stereocenters. The Labute approximate surface area is 187 Å². The lowest BCUT2D eigenvalue weighted by molar-refractivity contribution is 0.0945. The summed E-state index contributed by atoms with van der Waals surface area (Å²) in [5.74, 6) is 0.507. The van der Waals surface area contributed by atoms with Gasteiger partial charge in [0.2, 0.25) is 5.82 Å². The number of hydrogen-bond donors (Lipinski definition) is 1. The number of para-hydroxylation sites is 1. The number of aromatic nitrogens is 4. The van der Waals surface area contributed by atoms with Crippen LogP contribution in [0.5, 0.6) is 5.75 Å². The Bertz CT molecular complexity index is 1270. The van der Waals surface area contributed by atoms with E-state index in [2.05, 4.69) is 41.5 Å². The molecule has 2 aromatic carbocycles. The molecule has 0 radical (unpaired) electrons. The monoisotopic (exact) mass is 478 g/mol. The van der Waals surface area contributed by atoms with E-state index in [4.69, 9.17) is 4.74 Å². The first kappa shape index (κ1) is 20.7. The van der Waals surface area contributed by atoms with Gasteiger partial charge in [0.25, 0.3) is 5.78 Å². The molecule has 9 heteroatoms. The van der Waals surface area contributed by atoms with Crippen LogP contribution < -0.4 is 10.2 Å². The van der Waals surface area contributed by atoms with Gasteiger partial charge in [-0.2, -0.15) is 10.1 Å². The van der Waals surface area contributed by atoms with Gasteiger partial charge in [0.15, 0.2) is 0 Å². The molecule has 2 heterocycles. The molecule has 0 aliphatic carbocycles. The number of amides is 1. The number of halogens is 1. The summed E-state index contributed by atoms with van der Waals surface area (Å²) in [6.07, 6.45) is 1.53. The smallest absolute Gasteiger partial charge is 0.311 e. The average Bonchev–Trinajstić information content (AvgIpc) is 3.19. The van der Waals surface area contributed by atoms with E-state index >= 15 is 0 Å². The highest BCUT2D eigenvalue weighted by Gasteiger charge is 2.14. The predicted octanol–water partition coefficient (Wildman–Crippen LogP) is 3.85. The van der Waals surface area contributed by atoms with Crippen molar-refractivity contribution < 1.29 is 9.53 Å². The van der Waals surface area contributed by atoms with Crippen molar-refractivity contribution in [1.82, 2.24) is 25.0 Å². The minimum atomic E-state index is -0.521. The molecule has 0 fully saturated rings. The highest BCUT2D eigenvalue weighted by molar-refractivity contribution is 9.10. The zero-order valence-corrected chi connectivity index (χ0v) is 18.5. The number of fused-ring (bicyclic) bond motifs is 1. The van der Waals surface area contributed by atoms with E-state index < -0.39 is 5.91 Å². The van der Waals surface area contributed by atoms with Crippen LogP contribution in [0.25, 0.3) is 5.78 Å². The van der Waals surface area contributed by atoms with Gasteiger partial charge in [-0.3, -0.25) is 4.79 Å². The van der Waals surface area contributed by atoms with Crippen molar-refractivity contribution in [2.24, 2.45) is 5.10 Å². The maximum Gasteiger partial charge on any atom is 0.311 e. The summed E-state index contributed by atoms with van der Waals surface area (Å²) >= 11 is 3.42. The lowest BCUT2D eigenvalue weighted by Gasteiger charge is -2.09. The number of carbonyl (C=O) groups excluding carboxylic acids is 1. The number of aryl methyl sites for hydroxylation is 2. The fourth-order valence-corrected chi connectivity index (χ4v) is 3.20. The second-order valence-corrected chi connectivity index (χ2v) is 7.75. The largest absolute Gasteiger partial charge is 0.488 e. The SMILES string of the molecule is Cc1cc(C)n2nc(C(=O)NN=Cc3ccccc3OCc3ccc(Br)cc3)nc2n1. The molecule has 4 aromatic rings.